The normalized spacial score (nSPS) is 14.0. The van der Waals surface area contributed by atoms with Crippen molar-refractivity contribution in [3.8, 4) is 6.07 Å². The Balaban J connectivity index is 2.20. The van der Waals surface area contributed by atoms with Gasteiger partial charge in [-0.25, -0.2) is 0 Å². The van der Waals surface area contributed by atoms with E-state index in [2.05, 4.69) is 5.32 Å². The molecule has 0 fully saturated rings. The van der Waals surface area contributed by atoms with Gasteiger partial charge in [-0.05, 0) is 24.5 Å². The van der Waals surface area contributed by atoms with Crippen molar-refractivity contribution in [1.29, 1.82) is 5.26 Å². The third-order valence-electron chi connectivity index (χ3n) is 3.21. The fourth-order valence-electron chi connectivity index (χ4n) is 2.27. The van der Waals surface area contributed by atoms with Crippen LogP contribution in [0.5, 0.6) is 0 Å². The highest BCUT2D eigenvalue weighted by atomic mass is 16.4. The molecule has 21 heavy (non-hydrogen) atoms. The summed E-state index contributed by atoms with van der Waals surface area (Å²) in [5, 5.41) is 20.1. The molecule has 108 valence electrons. The highest BCUT2D eigenvalue weighted by molar-refractivity contribution is 6.08. The second-order valence-electron chi connectivity index (χ2n) is 4.63. The summed E-state index contributed by atoms with van der Waals surface area (Å²) in [6.07, 6.45) is 2.90. The molecule has 0 saturated carbocycles. The van der Waals surface area contributed by atoms with E-state index in [9.17, 15) is 9.59 Å². The molecule has 0 saturated heterocycles. The maximum Gasteiger partial charge on any atom is 0.322 e. The monoisotopic (exact) mass is 285 g/mol. The predicted molar refractivity (Wildman–Crippen MR) is 76.5 cm³/mol. The number of carbonyl (C=O) groups excluding carboxylic acids is 1. The number of nitrogens with one attached hydrogen (secondary N) is 1. The zero-order valence-electron chi connectivity index (χ0n) is 11.4. The molecule has 0 bridgehead atoms. The smallest absolute Gasteiger partial charge is 0.322 e. The number of nitrogens with zero attached hydrogens (tertiary/aromatic N) is 2. The van der Waals surface area contributed by atoms with Crippen molar-refractivity contribution in [3.63, 3.8) is 0 Å². The van der Waals surface area contributed by atoms with E-state index in [0.29, 0.717) is 6.54 Å². The van der Waals surface area contributed by atoms with Crippen molar-refractivity contribution in [2.24, 2.45) is 0 Å². The first-order valence-electron chi connectivity index (χ1n) is 6.58. The fraction of sp³-hybridized carbons (Fsp3) is 0.267. The molecule has 2 rings (SSSR count). The summed E-state index contributed by atoms with van der Waals surface area (Å²) in [5.41, 5.74) is 1.79. The van der Waals surface area contributed by atoms with Gasteiger partial charge in [0.05, 0.1) is 0 Å². The van der Waals surface area contributed by atoms with E-state index in [4.69, 9.17) is 10.4 Å². The number of hydrogen-bond donors (Lipinski definition) is 2. The number of carbonyl (C=O) groups is 2. The molecule has 0 aromatic heterocycles. The van der Waals surface area contributed by atoms with E-state index in [1.54, 1.807) is 4.90 Å². The number of aliphatic carboxylic acids is 1. The van der Waals surface area contributed by atoms with Gasteiger partial charge in [0.25, 0.3) is 5.91 Å². The number of amides is 1. The van der Waals surface area contributed by atoms with Crippen molar-refractivity contribution >= 4 is 17.6 Å². The number of aryl methyl sites for hydroxylation is 1. The Morgan fingerprint density at radius 3 is 2.90 bits per heavy atom. The minimum absolute atomic E-state index is 0.104. The first-order valence-corrected chi connectivity index (χ1v) is 6.58. The number of nitriles is 1. The highest BCUT2D eigenvalue weighted by Gasteiger charge is 2.24. The SMILES string of the molecule is N#C/C(=C/NCC(=O)O)C(=O)N1CCCc2ccccc21. The van der Waals surface area contributed by atoms with Crippen molar-refractivity contribution in [1.82, 2.24) is 5.32 Å². The third-order valence-corrected chi connectivity index (χ3v) is 3.21. The number of carboxylic acid groups (broad SMARTS) is 1. The fourth-order valence-corrected chi connectivity index (χ4v) is 2.27. The van der Waals surface area contributed by atoms with Gasteiger partial charge in [-0.15, -0.1) is 0 Å². The topological polar surface area (TPSA) is 93.4 Å². The van der Waals surface area contributed by atoms with E-state index in [0.717, 1.165) is 30.3 Å². The average Bonchev–Trinajstić information content (AvgIpc) is 2.50. The van der Waals surface area contributed by atoms with Gasteiger partial charge in [-0.2, -0.15) is 5.26 Å². The van der Waals surface area contributed by atoms with Crippen molar-refractivity contribution < 1.29 is 14.7 Å². The van der Waals surface area contributed by atoms with Crippen LogP contribution in [0.25, 0.3) is 0 Å². The zero-order valence-corrected chi connectivity index (χ0v) is 11.4. The third kappa shape index (κ3) is 3.39. The van der Waals surface area contributed by atoms with Crippen LogP contribution in [0.2, 0.25) is 0 Å². The molecule has 1 aliphatic heterocycles. The maximum absolute atomic E-state index is 12.4. The van der Waals surface area contributed by atoms with Gasteiger partial charge in [0.2, 0.25) is 0 Å². The van der Waals surface area contributed by atoms with Crippen LogP contribution < -0.4 is 10.2 Å². The Morgan fingerprint density at radius 1 is 1.43 bits per heavy atom. The van der Waals surface area contributed by atoms with Crippen LogP contribution >= 0.6 is 0 Å². The lowest BCUT2D eigenvalue weighted by molar-refractivity contribution is -0.135. The van der Waals surface area contributed by atoms with E-state index in [1.165, 1.54) is 0 Å². The van der Waals surface area contributed by atoms with E-state index < -0.39 is 11.9 Å². The number of fused-ring (bicyclic) bond motifs is 1. The van der Waals surface area contributed by atoms with Crippen LogP contribution in [0.3, 0.4) is 0 Å². The molecule has 1 aromatic rings. The van der Waals surface area contributed by atoms with E-state index in [-0.39, 0.29) is 12.1 Å². The van der Waals surface area contributed by atoms with Gasteiger partial charge in [-0.1, -0.05) is 18.2 Å². The number of carboxylic acids is 1. The van der Waals surface area contributed by atoms with Crippen LogP contribution in [0.15, 0.2) is 36.0 Å². The summed E-state index contributed by atoms with van der Waals surface area (Å²) < 4.78 is 0. The van der Waals surface area contributed by atoms with Crippen LogP contribution in [0, 0.1) is 11.3 Å². The van der Waals surface area contributed by atoms with Crippen molar-refractivity contribution in [2.75, 3.05) is 18.0 Å². The molecule has 0 atom stereocenters. The number of rotatable bonds is 4. The van der Waals surface area contributed by atoms with Crippen LogP contribution in [-0.2, 0) is 16.0 Å². The molecule has 6 nitrogen and oxygen atoms in total. The molecule has 0 radical (unpaired) electrons. The van der Waals surface area contributed by atoms with Gasteiger partial charge in [0, 0.05) is 18.4 Å². The second-order valence-corrected chi connectivity index (χ2v) is 4.63. The quantitative estimate of drug-likeness (QED) is 0.637. The van der Waals surface area contributed by atoms with Crippen LogP contribution in [0.4, 0.5) is 5.69 Å². The lowest BCUT2D eigenvalue weighted by Crippen LogP contribution is -2.36. The molecular weight excluding hydrogens is 270 g/mol. The average molecular weight is 285 g/mol. The van der Waals surface area contributed by atoms with Gasteiger partial charge in [-0.3, -0.25) is 9.59 Å². The maximum atomic E-state index is 12.4. The van der Waals surface area contributed by atoms with Crippen molar-refractivity contribution in [2.45, 2.75) is 12.8 Å². The molecule has 0 spiro atoms. The first kappa shape index (κ1) is 14.6. The Kier molecular flexibility index (Phi) is 4.57. The number of para-hydroxylation sites is 1. The predicted octanol–water partition coefficient (Wildman–Crippen LogP) is 1.05. The van der Waals surface area contributed by atoms with Gasteiger partial charge in [0.15, 0.2) is 0 Å². The number of benzene rings is 1. The summed E-state index contributed by atoms with van der Waals surface area (Å²) in [6.45, 7) is 0.211. The summed E-state index contributed by atoms with van der Waals surface area (Å²) >= 11 is 0. The molecular formula is C15H15N3O3. The molecule has 2 N–H and O–H groups in total. The van der Waals surface area contributed by atoms with Crippen molar-refractivity contribution in [3.05, 3.63) is 41.6 Å². The number of hydrogen-bond acceptors (Lipinski definition) is 4. The molecule has 1 amide bonds. The van der Waals surface area contributed by atoms with Crippen LogP contribution in [-0.4, -0.2) is 30.1 Å². The zero-order chi connectivity index (χ0) is 15.2. The minimum Gasteiger partial charge on any atom is -0.480 e. The van der Waals surface area contributed by atoms with E-state index in [1.807, 2.05) is 30.3 Å². The largest absolute Gasteiger partial charge is 0.480 e. The van der Waals surface area contributed by atoms with Crippen LogP contribution in [0.1, 0.15) is 12.0 Å². The minimum atomic E-state index is -1.06. The Hall–Kier alpha value is -2.81. The molecule has 0 aliphatic carbocycles. The molecule has 1 aromatic carbocycles. The lowest BCUT2D eigenvalue weighted by Gasteiger charge is -2.29. The van der Waals surface area contributed by atoms with Gasteiger partial charge < -0.3 is 15.3 Å². The molecule has 1 heterocycles. The lowest BCUT2D eigenvalue weighted by atomic mass is 10.0. The number of anilines is 1. The Labute approximate surface area is 122 Å². The van der Waals surface area contributed by atoms with Gasteiger partial charge >= 0.3 is 5.97 Å². The molecule has 6 heteroatoms. The van der Waals surface area contributed by atoms with E-state index >= 15 is 0 Å². The summed E-state index contributed by atoms with van der Waals surface area (Å²) in [6, 6.07) is 9.41. The molecule has 1 aliphatic rings. The standard InChI is InChI=1S/C15H15N3O3/c16-8-12(9-17-10-14(19)20)15(21)18-7-3-5-11-4-1-2-6-13(11)18/h1-2,4,6,9,17H,3,5,7,10H2,(H,19,20)/b12-9-. The second kappa shape index (κ2) is 6.57. The Bertz CT molecular complexity index is 631. The van der Waals surface area contributed by atoms with Gasteiger partial charge in [0.1, 0.15) is 18.2 Å². The first-order chi connectivity index (χ1) is 10.1. The summed E-state index contributed by atoms with van der Waals surface area (Å²) in [7, 11) is 0. The molecule has 0 unspecified atom stereocenters. The summed E-state index contributed by atoms with van der Waals surface area (Å²) in [5.74, 6) is -1.47. The highest BCUT2D eigenvalue weighted by Crippen LogP contribution is 2.27. The Morgan fingerprint density at radius 2 is 2.19 bits per heavy atom. The summed E-state index contributed by atoms with van der Waals surface area (Å²) in [4.78, 5) is 24.4.